The molecule has 0 spiro atoms. The molecule has 4 aromatic rings. The fraction of sp³-hybridized carbons (Fsp3) is 0.261. The zero-order valence-electron chi connectivity index (χ0n) is 16.9. The molecule has 0 saturated carbocycles. The predicted octanol–water partition coefficient (Wildman–Crippen LogP) is 5.20. The molecule has 1 aliphatic rings. The summed E-state index contributed by atoms with van der Waals surface area (Å²) in [7, 11) is 0. The van der Waals surface area contributed by atoms with Crippen LogP contribution in [0, 0.1) is 5.92 Å². The minimum Gasteiger partial charge on any atom is -0.368 e. The van der Waals surface area contributed by atoms with Crippen LogP contribution in [0.4, 0.5) is 5.82 Å². The normalized spacial score (nSPS) is 14.8. The molecule has 5 rings (SSSR count). The minimum absolute atomic E-state index is 0.618. The molecule has 1 aliphatic heterocycles. The number of aromatic nitrogens is 4. The zero-order valence-corrected chi connectivity index (χ0v) is 18.4. The van der Waals surface area contributed by atoms with Crippen molar-refractivity contribution >= 4 is 40.2 Å². The first-order valence-corrected chi connectivity index (χ1v) is 11.1. The Bertz CT molecular complexity index is 1200. The quantitative estimate of drug-likeness (QED) is 0.435. The van der Waals surface area contributed by atoms with E-state index in [1.165, 1.54) is 0 Å². The number of piperidine rings is 1. The van der Waals surface area contributed by atoms with Crippen LogP contribution in [-0.4, -0.2) is 39.2 Å². The minimum atomic E-state index is 0.618. The molecule has 0 radical (unpaired) electrons. The van der Waals surface area contributed by atoms with Crippen LogP contribution < -0.4 is 10.6 Å². The number of anilines is 1. The fourth-order valence-corrected chi connectivity index (χ4v) is 4.35. The van der Waals surface area contributed by atoms with E-state index in [2.05, 4.69) is 20.6 Å². The summed E-state index contributed by atoms with van der Waals surface area (Å²) in [5, 5.41) is 8.23. The Labute approximate surface area is 190 Å². The molecule has 0 bridgehead atoms. The van der Waals surface area contributed by atoms with E-state index in [9.17, 15) is 0 Å². The van der Waals surface area contributed by atoms with Crippen molar-refractivity contribution in [2.45, 2.75) is 12.8 Å². The molecule has 0 aliphatic carbocycles. The standard InChI is InChI=1S/C23H22Cl2N6/c24-16-5-7-17(8-6-16)31-22(18-3-1-2-4-19(18)25)30-20-21(28-14-29-23(20)31)27-13-15-9-11-26-12-10-15/h1-8,14-15,26H,9-13H2,(H,27,28,29). The molecule has 2 aromatic heterocycles. The first-order chi connectivity index (χ1) is 15.2. The van der Waals surface area contributed by atoms with Crippen molar-refractivity contribution in [3.63, 3.8) is 0 Å². The predicted molar refractivity (Wildman–Crippen MR) is 126 cm³/mol. The van der Waals surface area contributed by atoms with Gasteiger partial charge in [-0.2, -0.15) is 0 Å². The molecule has 31 heavy (non-hydrogen) atoms. The van der Waals surface area contributed by atoms with E-state index in [-0.39, 0.29) is 0 Å². The van der Waals surface area contributed by atoms with Crippen molar-refractivity contribution in [2.24, 2.45) is 5.92 Å². The van der Waals surface area contributed by atoms with Gasteiger partial charge in [0.25, 0.3) is 0 Å². The summed E-state index contributed by atoms with van der Waals surface area (Å²) in [4.78, 5) is 14.0. The lowest BCUT2D eigenvalue weighted by atomic mass is 9.98. The lowest BCUT2D eigenvalue weighted by Gasteiger charge is -2.22. The van der Waals surface area contributed by atoms with Crippen molar-refractivity contribution in [3.8, 4) is 17.1 Å². The second kappa shape index (κ2) is 8.83. The Morgan fingerprint density at radius 3 is 2.55 bits per heavy atom. The Hall–Kier alpha value is -2.67. The van der Waals surface area contributed by atoms with Gasteiger partial charge in [-0.25, -0.2) is 15.0 Å². The Morgan fingerprint density at radius 1 is 1.00 bits per heavy atom. The van der Waals surface area contributed by atoms with Gasteiger partial charge in [0.1, 0.15) is 12.2 Å². The number of nitrogens with zero attached hydrogens (tertiary/aromatic N) is 4. The van der Waals surface area contributed by atoms with Crippen LogP contribution in [0.2, 0.25) is 10.0 Å². The van der Waals surface area contributed by atoms with Gasteiger partial charge in [-0.1, -0.05) is 35.3 Å². The van der Waals surface area contributed by atoms with Gasteiger partial charge in [0, 0.05) is 22.8 Å². The van der Waals surface area contributed by atoms with Crippen LogP contribution in [0.15, 0.2) is 54.9 Å². The van der Waals surface area contributed by atoms with Crippen molar-refractivity contribution in [1.82, 2.24) is 24.8 Å². The van der Waals surface area contributed by atoms with Crippen LogP contribution in [0.3, 0.4) is 0 Å². The summed E-state index contributed by atoms with van der Waals surface area (Å²) in [5.41, 5.74) is 3.19. The van der Waals surface area contributed by atoms with Crippen molar-refractivity contribution in [2.75, 3.05) is 25.0 Å². The number of rotatable bonds is 5. The van der Waals surface area contributed by atoms with Crippen LogP contribution in [0.1, 0.15) is 12.8 Å². The summed E-state index contributed by atoms with van der Waals surface area (Å²) < 4.78 is 2.00. The molecule has 3 heterocycles. The number of imidazole rings is 1. The number of fused-ring (bicyclic) bond motifs is 1. The first-order valence-electron chi connectivity index (χ1n) is 10.4. The van der Waals surface area contributed by atoms with Crippen LogP contribution in [0.5, 0.6) is 0 Å². The molecule has 0 unspecified atom stereocenters. The van der Waals surface area contributed by atoms with Gasteiger partial charge in [-0.15, -0.1) is 0 Å². The molecule has 158 valence electrons. The maximum atomic E-state index is 6.54. The molecule has 2 N–H and O–H groups in total. The van der Waals surface area contributed by atoms with Gasteiger partial charge in [0.05, 0.1) is 5.02 Å². The van der Waals surface area contributed by atoms with E-state index < -0.39 is 0 Å². The number of nitrogens with one attached hydrogen (secondary N) is 2. The van der Waals surface area contributed by atoms with E-state index in [1.54, 1.807) is 6.33 Å². The second-order valence-corrected chi connectivity index (χ2v) is 8.54. The van der Waals surface area contributed by atoms with Crippen LogP contribution >= 0.6 is 23.2 Å². The Morgan fingerprint density at radius 2 is 1.77 bits per heavy atom. The van der Waals surface area contributed by atoms with Crippen LogP contribution in [0.25, 0.3) is 28.2 Å². The fourth-order valence-electron chi connectivity index (χ4n) is 4.01. The topological polar surface area (TPSA) is 67.7 Å². The molecule has 1 saturated heterocycles. The summed E-state index contributed by atoms with van der Waals surface area (Å²) >= 11 is 12.7. The van der Waals surface area contributed by atoms with E-state index in [4.69, 9.17) is 28.2 Å². The third-order valence-electron chi connectivity index (χ3n) is 5.66. The third-order valence-corrected chi connectivity index (χ3v) is 6.24. The highest BCUT2D eigenvalue weighted by Crippen LogP contribution is 2.34. The number of hydrogen-bond donors (Lipinski definition) is 2. The molecule has 0 atom stereocenters. The maximum Gasteiger partial charge on any atom is 0.170 e. The van der Waals surface area contributed by atoms with Gasteiger partial charge < -0.3 is 10.6 Å². The lowest BCUT2D eigenvalue weighted by molar-refractivity contribution is 0.389. The molecular weight excluding hydrogens is 431 g/mol. The summed E-state index contributed by atoms with van der Waals surface area (Å²) in [6.45, 7) is 2.99. The lowest BCUT2D eigenvalue weighted by Crippen LogP contribution is -2.31. The largest absolute Gasteiger partial charge is 0.368 e. The number of halogens is 2. The summed E-state index contributed by atoms with van der Waals surface area (Å²) in [5.74, 6) is 2.07. The van der Waals surface area contributed by atoms with Gasteiger partial charge >= 0.3 is 0 Å². The van der Waals surface area contributed by atoms with E-state index >= 15 is 0 Å². The van der Waals surface area contributed by atoms with E-state index in [0.717, 1.165) is 60.7 Å². The van der Waals surface area contributed by atoms with Gasteiger partial charge in [0.2, 0.25) is 0 Å². The van der Waals surface area contributed by atoms with E-state index in [0.29, 0.717) is 21.8 Å². The monoisotopic (exact) mass is 452 g/mol. The Kier molecular flexibility index (Phi) is 5.76. The molecule has 0 amide bonds. The highest BCUT2D eigenvalue weighted by Gasteiger charge is 2.21. The number of hydrogen-bond acceptors (Lipinski definition) is 5. The average molecular weight is 453 g/mol. The maximum absolute atomic E-state index is 6.54. The van der Waals surface area contributed by atoms with Crippen molar-refractivity contribution < 1.29 is 0 Å². The Balaban J connectivity index is 1.63. The molecule has 1 fully saturated rings. The number of benzene rings is 2. The highest BCUT2D eigenvalue weighted by atomic mass is 35.5. The van der Waals surface area contributed by atoms with Crippen LogP contribution in [-0.2, 0) is 0 Å². The van der Waals surface area contributed by atoms with Gasteiger partial charge in [-0.3, -0.25) is 4.57 Å². The van der Waals surface area contributed by atoms with Gasteiger partial charge in [-0.05, 0) is 68.2 Å². The molecule has 2 aromatic carbocycles. The average Bonchev–Trinajstić information content (AvgIpc) is 3.19. The smallest absolute Gasteiger partial charge is 0.170 e. The molecular formula is C23H22Cl2N6. The molecule has 8 heteroatoms. The second-order valence-electron chi connectivity index (χ2n) is 7.70. The van der Waals surface area contributed by atoms with Crippen molar-refractivity contribution in [3.05, 3.63) is 64.9 Å². The third kappa shape index (κ3) is 4.11. The summed E-state index contributed by atoms with van der Waals surface area (Å²) in [6, 6.07) is 15.3. The zero-order chi connectivity index (χ0) is 21.2. The SMILES string of the molecule is Clc1ccc(-n2c(-c3ccccc3Cl)nc3c(NCC4CCNCC4)ncnc32)cc1. The van der Waals surface area contributed by atoms with Gasteiger partial charge in [0.15, 0.2) is 17.0 Å². The molecule has 6 nitrogen and oxygen atoms in total. The summed E-state index contributed by atoms with van der Waals surface area (Å²) in [6.07, 6.45) is 3.90. The van der Waals surface area contributed by atoms with Crippen molar-refractivity contribution in [1.29, 1.82) is 0 Å². The van der Waals surface area contributed by atoms with E-state index in [1.807, 2.05) is 53.1 Å². The highest BCUT2D eigenvalue weighted by molar-refractivity contribution is 6.33. The first kappa shape index (κ1) is 20.2.